The van der Waals surface area contributed by atoms with Gasteiger partial charge in [0.1, 0.15) is 17.9 Å². The van der Waals surface area contributed by atoms with Crippen LogP contribution < -0.4 is 4.74 Å². The Balaban J connectivity index is 1.39. The Kier molecular flexibility index (Phi) is 5.38. The van der Waals surface area contributed by atoms with E-state index >= 15 is 0 Å². The van der Waals surface area contributed by atoms with Crippen LogP contribution in [0.25, 0.3) is 11.0 Å². The van der Waals surface area contributed by atoms with E-state index in [9.17, 15) is 4.79 Å². The molecule has 2 aliphatic heterocycles. The van der Waals surface area contributed by atoms with Crippen LogP contribution in [0.15, 0.2) is 18.5 Å². The first-order valence-electron chi connectivity index (χ1n) is 9.09. The minimum atomic E-state index is -0.214. The van der Waals surface area contributed by atoms with Crippen molar-refractivity contribution in [1.82, 2.24) is 24.8 Å². The number of fused-ring (bicyclic) bond motifs is 1. The molecule has 4 heterocycles. The highest BCUT2D eigenvalue weighted by molar-refractivity contribution is 6.30. The maximum Gasteiger partial charge on any atom is 0.243 e. The molecule has 2 aliphatic rings. The monoisotopic (exact) mass is 391 g/mol. The molecule has 2 saturated heterocycles. The van der Waals surface area contributed by atoms with E-state index in [1.54, 1.807) is 18.5 Å². The first-order chi connectivity index (χ1) is 13.1. The summed E-state index contributed by atoms with van der Waals surface area (Å²) < 4.78 is 11.6. The van der Waals surface area contributed by atoms with Gasteiger partial charge in [-0.15, -0.1) is 0 Å². The van der Waals surface area contributed by atoms with Crippen LogP contribution in [-0.4, -0.2) is 83.2 Å². The summed E-state index contributed by atoms with van der Waals surface area (Å²) in [6.07, 6.45) is 3.89. The number of aromatic nitrogens is 3. The molecule has 0 N–H and O–H groups in total. The van der Waals surface area contributed by atoms with E-state index in [0.717, 1.165) is 19.5 Å². The fraction of sp³-hybridized carbons (Fsp3) is 0.556. The summed E-state index contributed by atoms with van der Waals surface area (Å²) in [7, 11) is 2.05. The van der Waals surface area contributed by atoms with Gasteiger partial charge in [0.2, 0.25) is 11.8 Å². The zero-order chi connectivity index (χ0) is 18.8. The van der Waals surface area contributed by atoms with Gasteiger partial charge in [-0.05, 0) is 20.0 Å². The van der Waals surface area contributed by atoms with E-state index in [-0.39, 0.29) is 24.5 Å². The van der Waals surface area contributed by atoms with Crippen molar-refractivity contribution in [2.24, 2.45) is 5.92 Å². The topological polar surface area (TPSA) is 80.7 Å². The van der Waals surface area contributed by atoms with Gasteiger partial charge in [-0.25, -0.2) is 4.98 Å². The van der Waals surface area contributed by atoms with Crippen LogP contribution in [0.3, 0.4) is 0 Å². The van der Waals surface area contributed by atoms with Crippen molar-refractivity contribution in [3.63, 3.8) is 0 Å². The Labute approximate surface area is 162 Å². The minimum Gasteiger partial charge on any atom is -0.473 e. The average molecular weight is 392 g/mol. The van der Waals surface area contributed by atoms with Crippen LogP contribution in [0.1, 0.15) is 6.42 Å². The van der Waals surface area contributed by atoms with Gasteiger partial charge < -0.3 is 19.3 Å². The molecule has 0 spiro atoms. The number of nitrogens with zero attached hydrogens (tertiary/aromatic N) is 5. The maximum atomic E-state index is 12.7. The molecule has 0 saturated carbocycles. The Morgan fingerprint density at radius 2 is 2.19 bits per heavy atom. The van der Waals surface area contributed by atoms with Crippen molar-refractivity contribution < 1.29 is 14.3 Å². The number of rotatable bonds is 4. The number of morpholine rings is 1. The van der Waals surface area contributed by atoms with Crippen molar-refractivity contribution in [2.75, 3.05) is 46.4 Å². The molecular formula is C18H22ClN5O3. The largest absolute Gasteiger partial charge is 0.473 e. The smallest absolute Gasteiger partial charge is 0.243 e. The number of hydrogen-bond acceptors (Lipinski definition) is 7. The second-order valence-electron chi connectivity index (χ2n) is 7.01. The predicted octanol–water partition coefficient (Wildman–Crippen LogP) is 1.24. The Bertz CT molecular complexity index is 836. The highest BCUT2D eigenvalue weighted by Gasteiger charge is 2.33. The average Bonchev–Trinajstić information content (AvgIpc) is 3.12. The number of carbonyl (C=O) groups excluding carboxylic acids is 1. The second kappa shape index (κ2) is 7.92. The highest BCUT2D eigenvalue weighted by atomic mass is 35.5. The quantitative estimate of drug-likeness (QED) is 0.725. The summed E-state index contributed by atoms with van der Waals surface area (Å²) in [6, 6.07) is 1.65. The molecule has 0 radical (unpaired) electrons. The summed E-state index contributed by atoms with van der Waals surface area (Å²) >= 11 is 6.05. The number of amides is 1. The lowest BCUT2D eigenvalue weighted by molar-refractivity contribution is -0.143. The molecule has 4 rings (SSSR count). The summed E-state index contributed by atoms with van der Waals surface area (Å²) in [4.78, 5) is 29.5. The fourth-order valence-electron chi connectivity index (χ4n) is 3.60. The summed E-state index contributed by atoms with van der Waals surface area (Å²) in [5, 5.41) is 0.296. The first kappa shape index (κ1) is 18.3. The zero-order valence-corrected chi connectivity index (χ0v) is 15.9. The molecule has 1 amide bonds. The number of halogens is 1. The third kappa shape index (κ3) is 4.12. The predicted molar refractivity (Wildman–Crippen MR) is 99.8 cm³/mol. The summed E-state index contributed by atoms with van der Waals surface area (Å²) in [6.45, 7) is 3.72. The van der Waals surface area contributed by atoms with Crippen LogP contribution in [-0.2, 0) is 9.53 Å². The SMILES string of the molecule is CN1CC[C@H](C(=O)N2CCO[C@H](COc3nc(Cl)cc4nccnc34)C2)C1. The molecule has 2 fully saturated rings. The molecular weight excluding hydrogens is 370 g/mol. The van der Waals surface area contributed by atoms with Gasteiger partial charge in [0, 0.05) is 31.5 Å². The van der Waals surface area contributed by atoms with Gasteiger partial charge >= 0.3 is 0 Å². The van der Waals surface area contributed by atoms with Crippen LogP contribution in [0, 0.1) is 5.92 Å². The molecule has 0 aliphatic carbocycles. The lowest BCUT2D eigenvalue weighted by Crippen LogP contribution is -2.49. The molecule has 2 aromatic heterocycles. The zero-order valence-electron chi connectivity index (χ0n) is 15.2. The number of pyridine rings is 1. The number of carbonyl (C=O) groups is 1. The Hall–Kier alpha value is -2.03. The second-order valence-corrected chi connectivity index (χ2v) is 7.40. The number of ether oxygens (including phenoxy) is 2. The van der Waals surface area contributed by atoms with Crippen molar-refractivity contribution in [2.45, 2.75) is 12.5 Å². The third-order valence-electron chi connectivity index (χ3n) is 4.99. The van der Waals surface area contributed by atoms with Gasteiger partial charge in [-0.2, -0.15) is 4.98 Å². The lowest BCUT2D eigenvalue weighted by atomic mass is 10.1. The van der Waals surface area contributed by atoms with Crippen LogP contribution in [0.5, 0.6) is 5.88 Å². The van der Waals surface area contributed by atoms with Gasteiger partial charge in [-0.1, -0.05) is 11.6 Å². The first-order valence-corrected chi connectivity index (χ1v) is 9.47. The van der Waals surface area contributed by atoms with Crippen LogP contribution in [0.4, 0.5) is 0 Å². The van der Waals surface area contributed by atoms with Gasteiger partial charge in [0.15, 0.2) is 5.52 Å². The fourth-order valence-corrected chi connectivity index (χ4v) is 3.78. The minimum absolute atomic E-state index is 0.0866. The molecule has 0 unspecified atom stereocenters. The third-order valence-corrected chi connectivity index (χ3v) is 5.18. The molecule has 2 aromatic rings. The highest BCUT2D eigenvalue weighted by Crippen LogP contribution is 2.24. The summed E-state index contributed by atoms with van der Waals surface area (Å²) in [5.74, 6) is 0.628. The molecule has 144 valence electrons. The molecule has 8 nitrogen and oxygen atoms in total. The number of hydrogen-bond donors (Lipinski definition) is 0. The van der Waals surface area contributed by atoms with Gasteiger partial charge in [-0.3, -0.25) is 9.78 Å². The van der Waals surface area contributed by atoms with E-state index in [1.165, 1.54) is 0 Å². The van der Waals surface area contributed by atoms with E-state index < -0.39 is 0 Å². The van der Waals surface area contributed by atoms with E-state index in [4.69, 9.17) is 21.1 Å². The van der Waals surface area contributed by atoms with Crippen LogP contribution >= 0.6 is 11.6 Å². The molecule has 0 aromatic carbocycles. The van der Waals surface area contributed by atoms with Crippen molar-refractivity contribution in [3.05, 3.63) is 23.6 Å². The van der Waals surface area contributed by atoms with Gasteiger partial charge in [0.25, 0.3) is 0 Å². The van der Waals surface area contributed by atoms with E-state index in [2.05, 4.69) is 26.9 Å². The maximum absolute atomic E-state index is 12.7. The lowest BCUT2D eigenvalue weighted by Gasteiger charge is -2.34. The molecule has 27 heavy (non-hydrogen) atoms. The van der Waals surface area contributed by atoms with Crippen molar-refractivity contribution in [1.29, 1.82) is 0 Å². The normalized spacial score (nSPS) is 23.7. The molecule has 0 bridgehead atoms. The Morgan fingerprint density at radius 1 is 1.33 bits per heavy atom. The van der Waals surface area contributed by atoms with Crippen molar-refractivity contribution in [3.8, 4) is 5.88 Å². The summed E-state index contributed by atoms with van der Waals surface area (Å²) in [5.41, 5.74) is 1.18. The van der Waals surface area contributed by atoms with Gasteiger partial charge in [0.05, 0.1) is 24.6 Å². The standard InChI is InChI=1S/C18H22ClN5O3/c1-23-5-2-12(9-23)18(25)24-6-7-26-13(10-24)11-27-17-16-14(8-15(19)22-17)20-3-4-21-16/h3-4,8,12-13H,2,5-7,9-11H2,1H3/t12-,13-/m0/s1. The van der Waals surface area contributed by atoms with Crippen molar-refractivity contribution >= 4 is 28.5 Å². The Morgan fingerprint density at radius 3 is 3.00 bits per heavy atom. The number of likely N-dealkylation sites (tertiary alicyclic amines) is 1. The molecule has 9 heteroatoms. The van der Waals surface area contributed by atoms with Crippen LogP contribution in [0.2, 0.25) is 5.15 Å². The molecule has 2 atom stereocenters. The van der Waals surface area contributed by atoms with E-state index in [0.29, 0.717) is 41.8 Å². The van der Waals surface area contributed by atoms with E-state index in [1.807, 2.05) is 4.90 Å².